The van der Waals surface area contributed by atoms with Gasteiger partial charge in [-0.1, -0.05) is 0 Å². The Bertz CT molecular complexity index is 922. The van der Waals surface area contributed by atoms with Crippen LogP contribution in [0.15, 0.2) is 41.2 Å². The molecule has 7 heteroatoms. The predicted octanol–water partition coefficient (Wildman–Crippen LogP) is 2.22. The fourth-order valence-electron chi connectivity index (χ4n) is 2.43. The van der Waals surface area contributed by atoms with Crippen molar-refractivity contribution in [3.8, 4) is 11.3 Å². The third kappa shape index (κ3) is 3.11. The first kappa shape index (κ1) is 16.1. The van der Waals surface area contributed by atoms with E-state index in [9.17, 15) is 9.18 Å². The van der Waals surface area contributed by atoms with E-state index in [1.807, 2.05) is 6.92 Å². The molecule has 0 unspecified atom stereocenters. The van der Waals surface area contributed by atoms with E-state index in [1.54, 1.807) is 24.3 Å². The lowest BCUT2D eigenvalue weighted by atomic mass is 10.1. The van der Waals surface area contributed by atoms with Crippen molar-refractivity contribution < 1.29 is 9.13 Å². The molecule has 0 aliphatic carbocycles. The Morgan fingerprint density at radius 2 is 1.92 bits per heavy atom. The van der Waals surface area contributed by atoms with Crippen LogP contribution in [-0.2, 0) is 11.3 Å². The molecule has 0 atom stereocenters. The third-order valence-corrected chi connectivity index (χ3v) is 3.62. The topological polar surface area (TPSA) is 83.0 Å². The molecule has 0 spiro atoms. The molecular weight excluding hydrogens is 311 g/mol. The smallest absolute Gasteiger partial charge is 0.294 e. The van der Waals surface area contributed by atoms with Crippen LogP contribution in [0.2, 0.25) is 0 Å². The van der Waals surface area contributed by atoms with Crippen LogP contribution in [0.25, 0.3) is 22.4 Å². The SMILES string of the molecule is CCOCCn1c(=O)c(N)nc2ccc(-c3ccc(F)cc3)nc21. The molecule has 3 aromatic rings. The summed E-state index contributed by atoms with van der Waals surface area (Å²) in [4.78, 5) is 20.9. The molecule has 0 bridgehead atoms. The third-order valence-electron chi connectivity index (χ3n) is 3.62. The van der Waals surface area contributed by atoms with Crippen LogP contribution in [-0.4, -0.2) is 27.7 Å². The minimum Gasteiger partial charge on any atom is -0.380 e. The van der Waals surface area contributed by atoms with E-state index in [0.29, 0.717) is 36.6 Å². The highest BCUT2D eigenvalue weighted by atomic mass is 19.1. The molecule has 0 saturated heterocycles. The summed E-state index contributed by atoms with van der Waals surface area (Å²) >= 11 is 0. The molecule has 0 saturated carbocycles. The van der Waals surface area contributed by atoms with Gasteiger partial charge in [0.25, 0.3) is 5.56 Å². The summed E-state index contributed by atoms with van der Waals surface area (Å²) in [5, 5.41) is 0. The summed E-state index contributed by atoms with van der Waals surface area (Å²) in [6, 6.07) is 9.51. The number of hydrogen-bond donors (Lipinski definition) is 1. The first-order valence-electron chi connectivity index (χ1n) is 7.61. The van der Waals surface area contributed by atoms with Gasteiger partial charge in [-0.25, -0.2) is 14.4 Å². The molecule has 0 amide bonds. The van der Waals surface area contributed by atoms with Crippen molar-refractivity contribution in [1.29, 1.82) is 0 Å². The lowest BCUT2D eigenvalue weighted by Gasteiger charge is -2.11. The van der Waals surface area contributed by atoms with E-state index in [2.05, 4.69) is 9.97 Å². The highest BCUT2D eigenvalue weighted by Crippen LogP contribution is 2.20. The second-order valence-corrected chi connectivity index (χ2v) is 5.20. The van der Waals surface area contributed by atoms with Gasteiger partial charge in [0, 0.05) is 12.2 Å². The van der Waals surface area contributed by atoms with Crippen LogP contribution in [0.4, 0.5) is 10.2 Å². The summed E-state index contributed by atoms with van der Waals surface area (Å²) in [6.07, 6.45) is 0. The van der Waals surface area contributed by atoms with Gasteiger partial charge < -0.3 is 10.5 Å². The molecule has 1 aromatic carbocycles. The summed E-state index contributed by atoms with van der Waals surface area (Å²) in [7, 11) is 0. The number of nitrogens with two attached hydrogens (primary N) is 1. The summed E-state index contributed by atoms with van der Waals surface area (Å²) in [6.45, 7) is 3.14. The predicted molar refractivity (Wildman–Crippen MR) is 90.1 cm³/mol. The number of fused-ring (bicyclic) bond motifs is 1. The zero-order valence-electron chi connectivity index (χ0n) is 13.2. The number of benzene rings is 1. The number of pyridine rings is 1. The zero-order valence-corrected chi connectivity index (χ0v) is 13.2. The van der Waals surface area contributed by atoms with Crippen LogP contribution in [0.5, 0.6) is 0 Å². The Morgan fingerprint density at radius 1 is 1.17 bits per heavy atom. The summed E-state index contributed by atoms with van der Waals surface area (Å²) in [5.74, 6) is -0.391. The van der Waals surface area contributed by atoms with Crippen LogP contribution in [0.1, 0.15) is 6.92 Å². The highest BCUT2D eigenvalue weighted by Gasteiger charge is 2.11. The molecule has 2 aromatic heterocycles. The quantitative estimate of drug-likeness (QED) is 0.726. The lowest BCUT2D eigenvalue weighted by molar-refractivity contribution is 0.139. The number of hydrogen-bond acceptors (Lipinski definition) is 5. The molecular formula is C17H17FN4O2. The van der Waals surface area contributed by atoms with E-state index in [1.165, 1.54) is 16.7 Å². The second-order valence-electron chi connectivity index (χ2n) is 5.20. The van der Waals surface area contributed by atoms with Gasteiger partial charge in [-0.3, -0.25) is 9.36 Å². The number of ether oxygens (including phenoxy) is 1. The average molecular weight is 328 g/mol. The number of nitrogens with zero attached hydrogens (tertiary/aromatic N) is 3. The molecule has 6 nitrogen and oxygen atoms in total. The molecule has 0 fully saturated rings. The maximum Gasteiger partial charge on any atom is 0.294 e. The van der Waals surface area contributed by atoms with E-state index < -0.39 is 5.56 Å². The molecule has 0 radical (unpaired) electrons. The summed E-state index contributed by atoms with van der Waals surface area (Å²) in [5.41, 5.74) is 7.63. The molecule has 2 N–H and O–H groups in total. The molecule has 3 rings (SSSR count). The van der Waals surface area contributed by atoms with Crippen molar-refractivity contribution in [2.75, 3.05) is 18.9 Å². The number of nitrogen functional groups attached to an aromatic ring is 1. The Balaban J connectivity index is 2.12. The Hall–Kier alpha value is -2.80. The van der Waals surface area contributed by atoms with E-state index in [4.69, 9.17) is 10.5 Å². The standard InChI is InChI=1S/C17H17FN4O2/c1-2-24-10-9-22-16-14(20-15(19)17(22)23)8-7-13(21-16)11-3-5-12(18)6-4-11/h3-8H,2,9-10H2,1H3,(H2,19,20). The lowest BCUT2D eigenvalue weighted by Crippen LogP contribution is -2.27. The van der Waals surface area contributed by atoms with Gasteiger partial charge in [0.15, 0.2) is 11.5 Å². The second kappa shape index (κ2) is 6.76. The van der Waals surface area contributed by atoms with Gasteiger partial charge in [-0.15, -0.1) is 0 Å². The van der Waals surface area contributed by atoms with Gasteiger partial charge >= 0.3 is 0 Å². The molecule has 124 valence electrons. The highest BCUT2D eigenvalue weighted by molar-refractivity contribution is 5.76. The number of aromatic nitrogens is 3. The number of anilines is 1. The van der Waals surface area contributed by atoms with Gasteiger partial charge in [-0.2, -0.15) is 0 Å². The van der Waals surface area contributed by atoms with E-state index in [-0.39, 0.29) is 11.6 Å². The maximum atomic E-state index is 13.1. The average Bonchev–Trinajstić information content (AvgIpc) is 2.59. The van der Waals surface area contributed by atoms with Crippen LogP contribution < -0.4 is 11.3 Å². The van der Waals surface area contributed by atoms with Crippen LogP contribution in [0, 0.1) is 5.82 Å². The van der Waals surface area contributed by atoms with E-state index >= 15 is 0 Å². The Morgan fingerprint density at radius 3 is 2.62 bits per heavy atom. The van der Waals surface area contributed by atoms with Crippen molar-refractivity contribution in [2.45, 2.75) is 13.5 Å². The minimum absolute atomic E-state index is 0.0738. The first-order chi connectivity index (χ1) is 11.6. The summed E-state index contributed by atoms with van der Waals surface area (Å²) < 4.78 is 19.9. The van der Waals surface area contributed by atoms with Crippen LogP contribution in [0.3, 0.4) is 0 Å². The first-order valence-corrected chi connectivity index (χ1v) is 7.61. The largest absolute Gasteiger partial charge is 0.380 e. The molecule has 2 heterocycles. The Labute approximate surface area is 137 Å². The molecule has 0 aliphatic heterocycles. The monoisotopic (exact) mass is 328 g/mol. The van der Waals surface area contributed by atoms with Gasteiger partial charge in [0.05, 0.1) is 18.8 Å². The van der Waals surface area contributed by atoms with Gasteiger partial charge in [-0.05, 0) is 43.3 Å². The van der Waals surface area contributed by atoms with Crippen LogP contribution >= 0.6 is 0 Å². The number of rotatable bonds is 5. The van der Waals surface area contributed by atoms with Crippen molar-refractivity contribution in [3.63, 3.8) is 0 Å². The maximum absolute atomic E-state index is 13.1. The van der Waals surface area contributed by atoms with Gasteiger partial charge in [0.1, 0.15) is 11.3 Å². The minimum atomic E-state index is -0.397. The van der Waals surface area contributed by atoms with Gasteiger partial charge in [0.2, 0.25) is 0 Å². The fraction of sp³-hybridized carbons (Fsp3) is 0.235. The van der Waals surface area contributed by atoms with E-state index in [0.717, 1.165) is 5.56 Å². The zero-order chi connectivity index (χ0) is 17.1. The van der Waals surface area contributed by atoms with Crippen molar-refractivity contribution in [2.24, 2.45) is 0 Å². The normalized spacial score (nSPS) is 11.1. The fourth-order valence-corrected chi connectivity index (χ4v) is 2.43. The van der Waals surface area contributed by atoms with Crippen molar-refractivity contribution >= 4 is 17.0 Å². The molecule has 24 heavy (non-hydrogen) atoms. The number of halogens is 1. The molecule has 0 aliphatic rings. The Kier molecular flexibility index (Phi) is 4.52. The van der Waals surface area contributed by atoms with Crippen molar-refractivity contribution in [1.82, 2.24) is 14.5 Å². The van der Waals surface area contributed by atoms with Crippen molar-refractivity contribution in [3.05, 3.63) is 52.6 Å².